The standard InChI is InChI=1S/C31H29NO2/c1-34-28-19-11-18-27-26(28)21-20-25(22-12-5-2-6-13-22)30(27)32-31(33)29(23-14-7-3-8-15-23)24-16-9-4-10-17-24/h2-19,25,29-30H,20-21H2,1H3,(H,32,33)/t25-,30+/m1/s1. The number of hydrogen-bond donors (Lipinski definition) is 1. The van der Waals surface area contributed by atoms with Crippen LogP contribution in [-0.4, -0.2) is 13.0 Å². The number of hydrogen-bond acceptors (Lipinski definition) is 2. The first kappa shape index (κ1) is 22.0. The number of rotatable bonds is 6. The summed E-state index contributed by atoms with van der Waals surface area (Å²) in [6.07, 6.45) is 1.87. The van der Waals surface area contributed by atoms with Gasteiger partial charge in [-0.2, -0.15) is 0 Å². The van der Waals surface area contributed by atoms with Crippen molar-refractivity contribution in [3.63, 3.8) is 0 Å². The van der Waals surface area contributed by atoms with Gasteiger partial charge in [0.05, 0.1) is 19.1 Å². The third-order valence-electron chi connectivity index (χ3n) is 6.89. The van der Waals surface area contributed by atoms with Crippen LogP contribution in [0.4, 0.5) is 0 Å². The van der Waals surface area contributed by atoms with Crippen molar-refractivity contribution in [3.05, 3.63) is 137 Å². The van der Waals surface area contributed by atoms with Crippen molar-refractivity contribution in [2.24, 2.45) is 0 Å². The molecule has 3 heteroatoms. The number of methoxy groups -OCH3 is 1. The van der Waals surface area contributed by atoms with Crippen LogP contribution in [0.3, 0.4) is 0 Å². The molecular weight excluding hydrogens is 418 g/mol. The minimum absolute atomic E-state index is 0.0130. The van der Waals surface area contributed by atoms with E-state index in [4.69, 9.17) is 4.74 Å². The van der Waals surface area contributed by atoms with Gasteiger partial charge < -0.3 is 10.1 Å². The monoisotopic (exact) mass is 447 g/mol. The van der Waals surface area contributed by atoms with Crippen LogP contribution in [0.25, 0.3) is 0 Å². The first-order valence-electron chi connectivity index (χ1n) is 11.9. The van der Waals surface area contributed by atoms with E-state index in [1.165, 1.54) is 11.1 Å². The van der Waals surface area contributed by atoms with Crippen molar-refractivity contribution in [2.75, 3.05) is 7.11 Å². The molecule has 1 aliphatic rings. The van der Waals surface area contributed by atoms with Gasteiger partial charge in [-0.05, 0) is 46.7 Å². The molecule has 0 heterocycles. The van der Waals surface area contributed by atoms with Gasteiger partial charge in [0.15, 0.2) is 0 Å². The Morgan fingerprint density at radius 3 is 1.97 bits per heavy atom. The second-order valence-electron chi connectivity index (χ2n) is 8.82. The largest absolute Gasteiger partial charge is 0.496 e. The molecular formula is C31H29NO2. The molecule has 0 saturated carbocycles. The lowest BCUT2D eigenvalue weighted by Crippen LogP contribution is -2.38. The smallest absolute Gasteiger partial charge is 0.232 e. The SMILES string of the molecule is COc1cccc2c1CC[C@H](c1ccccc1)[C@@H]2NC(=O)C(c1ccccc1)c1ccccc1. The molecule has 4 aromatic rings. The topological polar surface area (TPSA) is 38.3 Å². The fourth-order valence-corrected chi connectivity index (χ4v) is 5.28. The highest BCUT2D eigenvalue weighted by molar-refractivity contribution is 5.87. The lowest BCUT2D eigenvalue weighted by molar-refractivity contribution is -0.122. The maximum absolute atomic E-state index is 14.0. The summed E-state index contributed by atoms with van der Waals surface area (Å²) in [5.41, 5.74) is 5.57. The summed E-state index contributed by atoms with van der Waals surface area (Å²) in [5, 5.41) is 3.48. The van der Waals surface area contributed by atoms with Crippen molar-refractivity contribution in [2.45, 2.75) is 30.7 Å². The molecule has 5 rings (SSSR count). The van der Waals surface area contributed by atoms with E-state index in [0.717, 1.165) is 35.3 Å². The number of carbonyl (C=O) groups is 1. The maximum atomic E-state index is 14.0. The molecule has 3 nitrogen and oxygen atoms in total. The van der Waals surface area contributed by atoms with Crippen LogP contribution in [0.2, 0.25) is 0 Å². The van der Waals surface area contributed by atoms with Gasteiger partial charge >= 0.3 is 0 Å². The minimum atomic E-state index is -0.380. The Labute approximate surface area is 201 Å². The van der Waals surface area contributed by atoms with Crippen molar-refractivity contribution in [1.29, 1.82) is 0 Å². The van der Waals surface area contributed by atoms with Gasteiger partial charge in [0.2, 0.25) is 5.91 Å². The normalized spacial score (nSPS) is 17.1. The minimum Gasteiger partial charge on any atom is -0.496 e. The Bertz CT molecular complexity index is 1200. The van der Waals surface area contributed by atoms with E-state index in [9.17, 15) is 4.79 Å². The first-order valence-corrected chi connectivity index (χ1v) is 11.9. The lowest BCUT2D eigenvalue weighted by atomic mass is 9.75. The molecule has 0 unspecified atom stereocenters. The highest BCUT2D eigenvalue weighted by Crippen LogP contribution is 2.44. The van der Waals surface area contributed by atoms with E-state index in [2.05, 4.69) is 35.6 Å². The molecule has 1 N–H and O–H groups in total. The predicted octanol–water partition coefficient (Wildman–Crippen LogP) is 6.41. The van der Waals surface area contributed by atoms with Crippen LogP contribution in [-0.2, 0) is 11.2 Å². The molecule has 0 radical (unpaired) electrons. The van der Waals surface area contributed by atoms with Crippen LogP contribution in [0, 0.1) is 0 Å². The second-order valence-corrected chi connectivity index (χ2v) is 8.82. The lowest BCUT2D eigenvalue weighted by Gasteiger charge is -2.36. The third kappa shape index (κ3) is 4.34. The number of benzene rings is 4. The van der Waals surface area contributed by atoms with Crippen molar-refractivity contribution >= 4 is 5.91 Å². The Morgan fingerprint density at radius 1 is 0.794 bits per heavy atom. The number of nitrogens with one attached hydrogen (secondary N) is 1. The summed E-state index contributed by atoms with van der Waals surface area (Å²) in [6.45, 7) is 0. The summed E-state index contributed by atoms with van der Waals surface area (Å²) in [4.78, 5) is 14.0. The first-order chi connectivity index (χ1) is 16.8. The average molecular weight is 448 g/mol. The zero-order chi connectivity index (χ0) is 23.3. The highest BCUT2D eigenvalue weighted by atomic mass is 16.5. The number of fused-ring (bicyclic) bond motifs is 1. The molecule has 0 spiro atoms. The van der Waals surface area contributed by atoms with Gasteiger partial charge in [0.1, 0.15) is 5.75 Å². The van der Waals surface area contributed by atoms with Gasteiger partial charge in [0.25, 0.3) is 0 Å². The summed E-state index contributed by atoms with van der Waals surface area (Å²) in [7, 11) is 1.72. The molecule has 1 amide bonds. The van der Waals surface area contributed by atoms with Crippen LogP contribution >= 0.6 is 0 Å². The predicted molar refractivity (Wildman–Crippen MR) is 136 cm³/mol. The quantitative estimate of drug-likeness (QED) is 0.371. The Kier molecular flexibility index (Phi) is 6.44. The van der Waals surface area contributed by atoms with Crippen LogP contribution in [0.1, 0.15) is 52.1 Å². The third-order valence-corrected chi connectivity index (χ3v) is 6.89. The van der Waals surface area contributed by atoms with Gasteiger partial charge in [0, 0.05) is 5.92 Å². The Balaban J connectivity index is 1.56. The molecule has 0 aromatic heterocycles. The van der Waals surface area contributed by atoms with E-state index in [0.29, 0.717) is 0 Å². The molecule has 170 valence electrons. The summed E-state index contributed by atoms with van der Waals surface area (Å²) < 4.78 is 5.68. The van der Waals surface area contributed by atoms with E-state index in [-0.39, 0.29) is 23.8 Å². The zero-order valence-electron chi connectivity index (χ0n) is 19.4. The molecule has 4 aromatic carbocycles. The number of carbonyl (C=O) groups excluding carboxylic acids is 1. The van der Waals surface area contributed by atoms with Crippen molar-refractivity contribution in [3.8, 4) is 5.75 Å². The maximum Gasteiger partial charge on any atom is 0.232 e. The van der Waals surface area contributed by atoms with Gasteiger partial charge in [-0.25, -0.2) is 0 Å². The Morgan fingerprint density at radius 2 is 1.38 bits per heavy atom. The fourth-order valence-electron chi connectivity index (χ4n) is 5.28. The summed E-state index contributed by atoms with van der Waals surface area (Å²) in [5.74, 6) is 0.719. The summed E-state index contributed by atoms with van der Waals surface area (Å²) >= 11 is 0. The van der Waals surface area contributed by atoms with E-state index < -0.39 is 0 Å². The molecule has 1 aliphatic carbocycles. The van der Waals surface area contributed by atoms with Gasteiger partial charge in [-0.3, -0.25) is 4.79 Å². The number of ether oxygens (including phenoxy) is 1. The van der Waals surface area contributed by atoms with Gasteiger partial charge in [-0.1, -0.05) is 103 Å². The highest BCUT2D eigenvalue weighted by Gasteiger charge is 2.35. The average Bonchev–Trinajstić information content (AvgIpc) is 2.90. The van der Waals surface area contributed by atoms with E-state index in [1.807, 2.05) is 78.9 Å². The second kappa shape index (κ2) is 9.96. The van der Waals surface area contributed by atoms with Crippen LogP contribution in [0.5, 0.6) is 5.75 Å². The van der Waals surface area contributed by atoms with Crippen LogP contribution < -0.4 is 10.1 Å². The Hall–Kier alpha value is -3.85. The van der Waals surface area contributed by atoms with Crippen molar-refractivity contribution < 1.29 is 9.53 Å². The molecule has 0 aliphatic heterocycles. The molecule has 0 fully saturated rings. The molecule has 0 saturated heterocycles. The molecule has 0 bridgehead atoms. The van der Waals surface area contributed by atoms with Crippen LogP contribution in [0.15, 0.2) is 109 Å². The van der Waals surface area contributed by atoms with Gasteiger partial charge in [-0.15, -0.1) is 0 Å². The molecule has 2 atom stereocenters. The zero-order valence-corrected chi connectivity index (χ0v) is 19.4. The molecule has 34 heavy (non-hydrogen) atoms. The summed E-state index contributed by atoms with van der Waals surface area (Å²) in [6, 6.07) is 36.6. The van der Waals surface area contributed by atoms with E-state index >= 15 is 0 Å². The number of amides is 1. The van der Waals surface area contributed by atoms with Crippen molar-refractivity contribution in [1.82, 2.24) is 5.32 Å². The fraction of sp³-hybridized carbons (Fsp3) is 0.194. The van der Waals surface area contributed by atoms with E-state index in [1.54, 1.807) is 7.11 Å².